The third kappa shape index (κ3) is 3.39. The quantitative estimate of drug-likeness (QED) is 0.874. The molecule has 1 aliphatic rings. The van der Waals surface area contributed by atoms with Crippen LogP contribution in [0.1, 0.15) is 24.5 Å². The molecule has 0 spiro atoms. The van der Waals surface area contributed by atoms with Gasteiger partial charge in [0.25, 0.3) is 0 Å². The topological polar surface area (TPSA) is 35.2 Å². The molecule has 0 bridgehead atoms. The van der Waals surface area contributed by atoms with E-state index in [1.165, 1.54) is 11.1 Å². The predicted octanol–water partition coefficient (Wildman–Crippen LogP) is 2.77. The van der Waals surface area contributed by atoms with Crippen LogP contribution in [0.15, 0.2) is 18.2 Å². The van der Waals surface area contributed by atoms with Gasteiger partial charge in [-0.25, -0.2) is 0 Å². The summed E-state index contributed by atoms with van der Waals surface area (Å²) < 4.78 is 5.94. The van der Waals surface area contributed by atoms with E-state index in [0.29, 0.717) is 11.4 Å². The average Bonchev–Trinajstić information content (AvgIpc) is 2.68. The van der Waals surface area contributed by atoms with Crippen molar-refractivity contribution in [1.29, 1.82) is 0 Å². The molecule has 1 aliphatic heterocycles. The number of aryl methyl sites for hydroxylation is 1. The van der Waals surface area contributed by atoms with E-state index in [4.69, 9.17) is 10.5 Å². The van der Waals surface area contributed by atoms with Crippen LogP contribution in [-0.4, -0.2) is 23.7 Å². The first kappa shape index (κ1) is 12.8. The molecule has 1 heterocycles. The molecule has 0 amide bonds. The largest absolute Gasteiger partial charge is 0.489 e. The summed E-state index contributed by atoms with van der Waals surface area (Å²) in [6.07, 6.45) is 2.49. The van der Waals surface area contributed by atoms with Gasteiger partial charge in [0.05, 0.1) is 0 Å². The Morgan fingerprint density at radius 3 is 3.12 bits per heavy atom. The fraction of sp³-hybridized carbons (Fsp3) is 0.571. The molecule has 2 atom stereocenters. The summed E-state index contributed by atoms with van der Waals surface area (Å²) in [7, 11) is 0. The van der Waals surface area contributed by atoms with Crippen molar-refractivity contribution in [3.8, 4) is 5.75 Å². The highest BCUT2D eigenvalue weighted by molar-refractivity contribution is 7.99. The Bertz CT molecular complexity index is 380. The molecule has 0 aromatic heterocycles. The second-order valence-corrected chi connectivity index (χ2v) is 6.25. The van der Waals surface area contributed by atoms with Crippen LogP contribution in [-0.2, 0) is 6.42 Å². The van der Waals surface area contributed by atoms with Crippen LogP contribution in [0, 0.1) is 6.92 Å². The Labute approximate surface area is 108 Å². The van der Waals surface area contributed by atoms with Crippen LogP contribution in [0.25, 0.3) is 0 Å². The number of rotatable bonds is 5. The minimum atomic E-state index is 0.344. The van der Waals surface area contributed by atoms with Crippen molar-refractivity contribution in [3.05, 3.63) is 29.3 Å². The van der Waals surface area contributed by atoms with E-state index in [-0.39, 0.29) is 0 Å². The molecular weight excluding hydrogens is 230 g/mol. The van der Waals surface area contributed by atoms with Crippen molar-refractivity contribution in [2.24, 2.45) is 5.73 Å². The number of fused-ring (bicyclic) bond motifs is 1. The molecule has 2 rings (SSSR count). The molecule has 1 aromatic rings. The van der Waals surface area contributed by atoms with Crippen LogP contribution in [0.2, 0.25) is 0 Å². The molecule has 0 aliphatic carbocycles. The van der Waals surface area contributed by atoms with Crippen LogP contribution < -0.4 is 10.5 Å². The van der Waals surface area contributed by atoms with Gasteiger partial charge in [-0.05, 0) is 31.5 Å². The van der Waals surface area contributed by atoms with Gasteiger partial charge in [0.1, 0.15) is 11.9 Å². The van der Waals surface area contributed by atoms with Crippen molar-refractivity contribution < 1.29 is 4.74 Å². The Balaban J connectivity index is 1.84. The van der Waals surface area contributed by atoms with E-state index in [0.717, 1.165) is 30.9 Å². The molecule has 17 heavy (non-hydrogen) atoms. The van der Waals surface area contributed by atoms with Crippen molar-refractivity contribution in [1.82, 2.24) is 0 Å². The van der Waals surface area contributed by atoms with E-state index >= 15 is 0 Å². The second-order valence-electron chi connectivity index (χ2n) is 4.78. The normalized spacial score (nSPS) is 19.8. The summed E-state index contributed by atoms with van der Waals surface area (Å²) in [6.45, 7) is 5.15. The third-order valence-electron chi connectivity index (χ3n) is 3.10. The molecule has 94 valence electrons. The molecule has 0 radical (unpaired) electrons. The highest BCUT2D eigenvalue weighted by Gasteiger charge is 2.23. The molecule has 2 unspecified atom stereocenters. The molecule has 2 N–H and O–H groups in total. The van der Waals surface area contributed by atoms with Gasteiger partial charge in [-0.15, -0.1) is 0 Å². The Morgan fingerprint density at radius 2 is 2.35 bits per heavy atom. The van der Waals surface area contributed by atoms with Crippen molar-refractivity contribution in [3.63, 3.8) is 0 Å². The van der Waals surface area contributed by atoms with Gasteiger partial charge in [0.15, 0.2) is 0 Å². The Hall–Kier alpha value is -0.670. The number of hydrogen-bond acceptors (Lipinski definition) is 3. The minimum absolute atomic E-state index is 0.344. The molecule has 2 nitrogen and oxygen atoms in total. The molecule has 3 heteroatoms. The van der Waals surface area contributed by atoms with Gasteiger partial charge in [-0.1, -0.05) is 24.6 Å². The van der Waals surface area contributed by atoms with Crippen LogP contribution in [0.5, 0.6) is 5.75 Å². The van der Waals surface area contributed by atoms with E-state index < -0.39 is 0 Å². The number of thioether (sulfide) groups is 1. The summed E-state index contributed by atoms with van der Waals surface area (Å²) in [6, 6.07) is 6.45. The summed E-state index contributed by atoms with van der Waals surface area (Å²) in [5.41, 5.74) is 8.23. The minimum Gasteiger partial charge on any atom is -0.489 e. The third-order valence-corrected chi connectivity index (χ3v) is 4.47. The van der Waals surface area contributed by atoms with Crippen molar-refractivity contribution in [2.75, 3.05) is 12.3 Å². The first-order valence-corrected chi connectivity index (χ1v) is 7.31. The summed E-state index contributed by atoms with van der Waals surface area (Å²) in [5, 5.41) is 0.633. The lowest BCUT2D eigenvalue weighted by atomic mass is 10.1. The second kappa shape index (κ2) is 5.78. The maximum Gasteiger partial charge on any atom is 0.123 e. The molecule has 0 saturated carbocycles. The molecule has 0 fully saturated rings. The number of ether oxygens (including phenoxy) is 1. The number of benzene rings is 1. The Kier molecular flexibility index (Phi) is 4.35. The van der Waals surface area contributed by atoms with Gasteiger partial charge in [-0.2, -0.15) is 11.8 Å². The summed E-state index contributed by atoms with van der Waals surface area (Å²) in [4.78, 5) is 0. The van der Waals surface area contributed by atoms with Gasteiger partial charge in [0, 0.05) is 17.4 Å². The first-order valence-electron chi connectivity index (χ1n) is 6.27. The maximum absolute atomic E-state index is 5.94. The highest BCUT2D eigenvalue weighted by atomic mass is 32.2. The summed E-state index contributed by atoms with van der Waals surface area (Å²) >= 11 is 1.97. The van der Waals surface area contributed by atoms with Gasteiger partial charge < -0.3 is 10.5 Å². The molecular formula is C14H21NOS. The molecule has 1 aromatic carbocycles. The number of hydrogen-bond donors (Lipinski definition) is 1. The van der Waals surface area contributed by atoms with E-state index in [1.807, 2.05) is 11.8 Å². The number of nitrogens with two attached hydrogens (primary N) is 1. The van der Waals surface area contributed by atoms with Gasteiger partial charge in [0.2, 0.25) is 0 Å². The summed E-state index contributed by atoms with van der Waals surface area (Å²) in [5.74, 6) is 2.14. The average molecular weight is 251 g/mol. The first-order chi connectivity index (χ1) is 8.19. The van der Waals surface area contributed by atoms with Crippen LogP contribution in [0.3, 0.4) is 0 Å². The Morgan fingerprint density at radius 1 is 1.53 bits per heavy atom. The fourth-order valence-corrected chi connectivity index (χ4v) is 3.16. The van der Waals surface area contributed by atoms with Crippen LogP contribution >= 0.6 is 11.8 Å². The van der Waals surface area contributed by atoms with Gasteiger partial charge >= 0.3 is 0 Å². The zero-order chi connectivity index (χ0) is 12.3. The van der Waals surface area contributed by atoms with Crippen LogP contribution in [0.4, 0.5) is 0 Å². The molecule has 0 saturated heterocycles. The van der Waals surface area contributed by atoms with E-state index in [1.54, 1.807) is 0 Å². The van der Waals surface area contributed by atoms with Crippen molar-refractivity contribution >= 4 is 11.8 Å². The lowest BCUT2D eigenvalue weighted by Crippen LogP contribution is -2.18. The monoisotopic (exact) mass is 251 g/mol. The predicted molar refractivity (Wildman–Crippen MR) is 74.9 cm³/mol. The lowest BCUT2D eigenvalue weighted by molar-refractivity contribution is 0.259. The standard InChI is InChI=1S/C14H21NOS/c1-10-3-4-14-12(7-10)8-13(16-14)9-17-11(2)5-6-15/h3-4,7,11,13H,5-6,8-9,15H2,1-2H3. The fourth-order valence-electron chi connectivity index (χ4n) is 2.13. The van der Waals surface area contributed by atoms with E-state index in [2.05, 4.69) is 32.0 Å². The van der Waals surface area contributed by atoms with Crippen molar-refractivity contribution in [2.45, 2.75) is 38.0 Å². The van der Waals surface area contributed by atoms with E-state index in [9.17, 15) is 0 Å². The smallest absolute Gasteiger partial charge is 0.123 e. The maximum atomic E-state index is 5.94. The van der Waals surface area contributed by atoms with Gasteiger partial charge in [-0.3, -0.25) is 0 Å². The zero-order valence-corrected chi connectivity index (χ0v) is 11.4. The lowest BCUT2D eigenvalue weighted by Gasteiger charge is -2.14. The zero-order valence-electron chi connectivity index (χ0n) is 10.6. The SMILES string of the molecule is Cc1ccc2c(c1)CC(CSC(C)CCN)O2. The highest BCUT2D eigenvalue weighted by Crippen LogP contribution is 2.31.